The summed E-state index contributed by atoms with van der Waals surface area (Å²) in [4.78, 5) is 12.0. The molecule has 0 aliphatic rings. The molecule has 3 rings (SSSR count). The molecule has 3 aromatic rings. The molecular weight excluding hydrogens is 308 g/mol. The summed E-state index contributed by atoms with van der Waals surface area (Å²) >= 11 is 0. The molecule has 2 amide bonds. The molecule has 7 nitrogen and oxygen atoms in total. The van der Waals surface area contributed by atoms with Gasteiger partial charge in [-0.1, -0.05) is 6.07 Å². The third-order valence-electron chi connectivity index (χ3n) is 3.60. The summed E-state index contributed by atoms with van der Waals surface area (Å²) in [6.45, 7) is 0.374. The van der Waals surface area contributed by atoms with Gasteiger partial charge < -0.3 is 20.1 Å². The number of methoxy groups -OCH3 is 2. The monoisotopic (exact) mass is 326 g/mol. The van der Waals surface area contributed by atoms with E-state index in [2.05, 4.69) is 20.8 Å². The number of carbonyl (C=O) groups excluding carboxylic acids is 1. The molecule has 24 heavy (non-hydrogen) atoms. The number of hydrogen-bond donors (Lipinski definition) is 3. The van der Waals surface area contributed by atoms with Gasteiger partial charge in [-0.15, -0.1) is 0 Å². The molecule has 0 atom stereocenters. The number of fused-ring (bicyclic) bond motifs is 1. The van der Waals surface area contributed by atoms with Crippen LogP contribution >= 0.6 is 0 Å². The average Bonchev–Trinajstić information content (AvgIpc) is 3.07. The van der Waals surface area contributed by atoms with Gasteiger partial charge in [0.25, 0.3) is 0 Å². The highest BCUT2D eigenvalue weighted by molar-refractivity contribution is 5.92. The second-order valence-electron chi connectivity index (χ2n) is 5.17. The van der Waals surface area contributed by atoms with E-state index in [1.807, 2.05) is 30.3 Å². The molecule has 124 valence electrons. The van der Waals surface area contributed by atoms with Crippen molar-refractivity contribution in [2.24, 2.45) is 0 Å². The van der Waals surface area contributed by atoms with Crippen LogP contribution in [0.2, 0.25) is 0 Å². The van der Waals surface area contributed by atoms with Gasteiger partial charge >= 0.3 is 6.03 Å². The van der Waals surface area contributed by atoms with Crippen LogP contribution in [-0.4, -0.2) is 30.4 Å². The van der Waals surface area contributed by atoms with Gasteiger partial charge in [0.05, 0.1) is 25.9 Å². The molecule has 0 bridgehead atoms. The molecule has 0 fully saturated rings. The van der Waals surface area contributed by atoms with Crippen molar-refractivity contribution in [3.05, 3.63) is 48.2 Å². The maximum atomic E-state index is 12.0. The van der Waals surface area contributed by atoms with Gasteiger partial charge in [-0.05, 0) is 35.9 Å². The number of nitrogens with zero attached hydrogens (tertiary/aromatic N) is 1. The van der Waals surface area contributed by atoms with E-state index in [9.17, 15) is 4.79 Å². The number of aromatic nitrogens is 2. The number of amides is 2. The van der Waals surface area contributed by atoms with Gasteiger partial charge in [0.1, 0.15) is 0 Å². The highest BCUT2D eigenvalue weighted by atomic mass is 16.5. The van der Waals surface area contributed by atoms with Crippen molar-refractivity contribution in [2.75, 3.05) is 19.5 Å². The number of anilines is 1. The lowest BCUT2D eigenvalue weighted by Crippen LogP contribution is -2.28. The summed E-state index contributed by atoms with van der Waals surface area (Å²) in [5.74, 6) is 1.28. The van der Waals surface area contributed by atoms with Gasteiger partial charge in [0.2, 0.25) is 0 Å². The topological polar surface area (TPSA) is 88.3 Å². The molecule has 0 aliphatic carbocycles. The van der Waals surface area contributed by atoms with Crippen LogP contribution in [0.5, 0.6) is 11.5 Å². The highest BCUT2D eigenvalue weighted by Gasteiger charge is 2.07. The van der Waals surface area contributed by atoms with E-state index >= 15 is 0 Å². The molecule has 0 saturated heterocycles. The standard InChI is InChI=1S/C17H18N4O3/c1-23-15-6-3-11(7-16(15)24-2)9-18-17(22)20-13-5-4-12-10-19-21-14(12)8-13/h3-8,10H,9H2,1-2H3,(H,19,21)(H2,18,20,22). The molecule has 0 aliphatic heterocycles. The largest absolute Gasteiger partial charge is 0.493 e. The van der Waals surface area contributed by atoms with E-state index in [1.165, 1.54) is 0 Å². The fourth-order valence-corrected chi connectivity index (χ4v) is 2.36. The predicted octanol–water partition coefficient (Wildman–Crippen LogP) is 2.90. The van der Waals surface area contributed by atoms with Crippen molar-refractivity contribution in [2.45, 2.75) is 6.54 Å². The molecule has 7 heteroatoms. The van der Waals surface area contributed by atoms with E-state index in [0.29, 0.717) is 23.7 Å². The number of urea groups is 1. The minimum Gasteiger partial charge on any atom is -0.493 e. The van der Waals surface area contributed by atoms with Crippen molar-refractivity contribution < 1.29 is 14.3 Å². The summed E-state index contributed by atoms with van der Waals surface area (Å²) in [6, 6.07) is 10.8. The minimum atomic E-state index is -0.288. The lowest BCUT2D eigenvalue weighted by Gasteiger charge is -2.11. The maximum absolute atomic E-state index is 12.0. The van der Waals surface area contributed by atoms with E-state index in [-0.39, 0.29) is 6.03 Å². The maximum Gasteiger partial charge on any atom is 0.319 e. The number of ether oxygens (including phenoxy) is 2. The fraction of sp³-hybridized carbons (Fsp3) is 0.176. The highest BCUT2D eigenvalue weighted by Crippen LogP contribution is 2.27. The Hall–Kier alpha value is -3.22. The molecular formula is C17H18N4O3. The second-order valence-corrected chi connectivity index (χ2v) is 5.17. The first-order valence-electron chi connectivity index (χ1n) is 7.38. The number of rotatable bonds is 5. The molecule has 0 unspecified atom stereocenters. The third kappa shape index (κ3) is 3.40. The number of aromatic amines is 1. The lowest BCUT2D eigenvalue weighted by atomic mass is 10.2. The summed E-state index contributed by atoms with van der Waals surface area (Å²) in [6.07, 6.45) is 1.73. The van der Waals surface area contributed by atoms with Crippen LogP contribution in [0.15, 0.2) is 42.6 Å². The van der Waals surface area contributed by atoms with Crippen molar-refractivity contribution >= 4 is 22.6 Å². The molecule has 1 heterocycles. The molecule has 3 N–H and O–H groups in total. The molecule has 1 aromatic heterocycles. The molecule has 0 radical (unpaired) electrons. The zero-order valence-electron chi connectivity index (χ0n) is 13.4. The number of benzene rings is 2. The number of hydrogen-bond acceptors (Lipinski definition) is 4. The first kappa shape index (κ1) is 15.7. The van der Waals surface area contributed by atoms with Gasteiger partial charge in [-0.2, -0.15) is 5.10 Å². The summed E-state index contributed by atoms with van der Waals surface area (Å²) < 4.78 is 10.4. The Labute approximate surface area is 139 Å². The van der Waals surface area contributed by atoms with Crippen molar-refractivity contribution in [3.63, 3.8) is 0 Å². The first-order chi connectivity index (χ1) is 11.7. The Balaban J connectivity index is 1.60. The van der Waals surface area contributed by atoms with E-state index in [1.54, 1.807) is 26.5 Å². The van der Waals surface area contributed by atoms with Gasteiger partial charge in [0, 0.05) is 17.6 Å². The van der Waals surface area contributed by atoms with Crippen LogP contribution in [0.25, 0.3) is 10.9 Å². The Bertz CT molecular complexity index is 860. The Kier molecular flexibility index (Phi) is 4.51. The van der Waals surface area contributed by atoms with Gasteiger partial charge in [0.15, 0.2) is 11.5 Å². The lowest BCUT2D eigenvalue weighted by molar-refractivity contribution is 0.251. The van der Waals surface area contributed by atoms with Crippen molar-refractivity contribution in [1.29, 1.82) is 0 Å². The molecule has 0 saturated carbocycles. The fourth-order valence-electron chi connectivity index (χ4n) is 2.36. The summed E-state index contributed by atoms with van der Waals surface area (Å²) in [5.41, 5.74) is 2.47. The van der Waals surface area contributed by atoms with E-state index < -0.39 is 0 Å². The Morgan fingerprint density at radius 3 is 2.75 bits per heavy atom. The number of carbonyl (C=O) groups is 1. The van der Waals surface area contributed by atoms with Crippen LogP contribution in [-0.2, 0) is 6.54 Å². The second kappa shape index (κ2) is 6.91. The van der Waals surface area contributed by atoms with Gasteiger partial charge in [-0.3, -0.25) is 5.10 Å². The van der Waals surface area contributed by atoms with Crippen LogP contribution in [0, 0.1) is 0 Å². The van der Waals surface area contributed by atoms with E-state index in [4.69, 9.17) is 9.47 Å². The van der Waals surface area contributed by atoms with Crippen LogP contribution in [0.4, 0.5) is 10.5 Å². The molecule has 0 spiro atoms. The summed E-state index contributed by atoms with van der Waals surface area (Å²) in [7, 11) is 3.16. The zero-order valence-corrected chi connectivity index (χ0v) is 13.4. The van der Waals surface area contributed by atoms with Crippen LogP contribution < -0.4 is 20.1 Å². The smallest absolute Gasteiger partial charge is 0.319 e. The number of nitrogens with one attached hydrogen (secondary N) is 3. The van der Waals surface area contributed by atoms with Crippen LogP contribution in [0.1, 0.15) is 5.56 Å². The normalized spacial score (nSPS) is 10.4. The SMILES string of the molecule is COc1ccc(CNC(=O)Nc2ccc3cn[nH]c3c2)cc1OC. The van der Waals surface area contributed by atoms with Crippen molar-refractivity contribution in [3.8, 4) is 11.5 Å². The quantitative estimate of drug-likeness (QED) is 0.672. The third-order valence-corrected chi connectivity index (χ3v) is 3.60. The first-order valence-corrected chi connectivity index (χ1v) is 7.38. The Morgan fingerprint density at radius 1 is 1.12 bits per heavy atom. The molecule has 2 aromatic carbocycles. The zero-order chi connectivity index (χ0) is 16.9. The predicted molar refractivity (Wildman–Crippen MR) is 91.5 cm³/mol. The average molecular weight is 326 g/mol. The van der Waals surface area contributed by atoms with Gasteiger partial charge in [-0.25, -0.2) is 4.79 Å². The number of H-pyrrole nitrogens is 1. The van der Waals surface area contributed by atoms with Crippen molar-refractivity contribution in [1.82, 2.24) is 15.5 Å². The summed E-state index contributed by atoms with van der Waals surface area (Å²) in [5, 5.41) is 13.4. The van der Waals surface area contributed by atoms with Crippen LogP contribution in [0.3, 0.4) is 0 Å². The minimum absolute atomic E-state index is 0.288. The Morgan fingerprint density at radius 2 is 1.96 bits per heavy atom. The van der Waals surface area contributed by atoms with E-state index in [0.717, 1.165) is 16.5 Å².